The lowest BCUT2D eigenvalue weighted by molar-refractivity contribution is -0.118. The number of carbonyl (C=O) groups is 1. The van der Waals surface area contributed by atoms with Gasteiger partial charge in [0.05, 0.1) is 11.4 Å². The fourth-order valence-electron chi connectivity index (χ4n) is 3.16. The van der Waals surface area contributed by atoms with Crippen LogP contribution in [0.5, 0.6) is 0 Å². The second-order valence-corrected chi connectivity index (χ2v) is 7.28. The fraction of sp³-hybridized carbons (Fsp3) is 0.0500. The Morgan fingerprint density at radius 1 is 0.931 bits per heavy atom. The Bertz CT molecular complexity index is 1220. The maximum atomic E-state index is 13.4. The van der Waals surface area contributed by atoms with E-state index in [0.717, 1.165) is 25.7 Å². The summed E-state index contributed by atoms with van der Waals surface area (Å²) in [5.41, 5.74) is 1.53. The van der Waals surface area contributed by atoms with Crippen LogP contribution < -0.4 is 10.7 Å². The molecule has 0 atom stereocenters. The van der Waals surface area contributed by atoms with Crippen LogP contribution in [0, 0.1) is 0 Å². The number of fused-ring (bicyclic) bond motifs is 2. The number of benzene rings is 2. The molecule has 0 saturated heterocycles. The van der Waals surface area contributed by atoms with Gasteiger partial charge in [-0.2, -0.15) is 0 Å². The molecule has 9 heteroatoms. The van der Waals surface area contributed by atoms with Gasteiger partial charge < -0.3 is 0 Å². The smallest absolute Gasteiger partial charge is 0.295 e. The first-order chi connectivity index (χ1) is 14.2. The molecular formula is C20H13N5O3S. The molecule has 0 spiro atoms. The minimum atomic E-state index is -0.742. The highest BCUT2D eigenvalue weighted by molar-refractivity contribution is 7.99. The number of para-hydroxylation sites is 2. The van der Waals surface area contributed by atoms with Gasteiger partial charge in [0.15, 0.2) is 5.82 Å². The molecule has 5 rings (SSSR count). The van der Waals surface area contributed by atoms with E-state index >= 15 is 0 Å². The van der Waals surface area contributed by atoms with Gasteiger partial charge in [0.1, 0.15) is 6.54 Å². The normalized spacial score (nSPS) is 12.3. The lowest BCUT2D eigenvalue weighted by atomic mass is 10.2. The van der Waals surface area contributed by atoms with Crippen molar-refractivity contribution >= 4 is 29.0 Å². The first-order valence-corrected chi connectivity index (χ1v) is 9.57. The van der Waals surface area contributed by atoms with E-state index in [0.29, 0.717) is 0 Å². The van der Waals surface area contributed by atoms with Crippen LogP contribution in [0.25, 0.3) is 11.6 Å². The molecule has 0 aliphatic carbocycles. The third kappa shape index (κ3) is 3.01. The SMILES string of the molecule is O=C(Cn1c(-c2ncccn2)noc1=O)N1c2ccccc2Sc2ccccc21. The summed E-state index contributed by atoms with van der Waals surface area (Å²) in [4.78, 5) is 37.3. The van der Waals surface area contributed by atoms with Crippen LogP contribution in [0.2, 0.25) is 0 Å². The zero-order valence-corrected chi connectivity index (χ0v) is 15.7. The first kappa shape index (κ1) is 17.4. The predicted molar refractivity (Wildman–Crippen MR) is 106 cm³/mol. The number of nitrogens with zero attached hydrogens (tertiary/aromatic N) is 5. The Kier molecular flexibility index (Phi) is 4.21. The van der Waals surface area contributed by atoms with Gasteiger partial charge in [0, 0.05) is 22.2 Å². The van der Waals surface area contributed by atoms with Crippen molar-refractivity contribution in [3.05, 3.63) is 77.5 Å². The van der Waals surface area contributed by atoms with Crippen LogP contribution in [0.15, 0.2) is 86.1 Å². The highest BCUT2D eigenvalue weighted by atomic mass is 32.2. The van der Waals surface area contributed by atoms with Crippen molar-refractivity contribution in [1.82, 2.24) is 19.7 Å². The largest absolute Gasteiger partial charge is 0.442 e. The lowest BCUT2D eigenvalue weighted by Gasteiger charge is -2.31. The molecule has 2 aromatic carbocycles. The van der Waals surface area contributed by atoms with Gasteiger partial charge in [-0.3, -0.25) is 14.2 Å². The summed E-state index contributed by atoms with van der Waals surface area (Å²) in [5, 5.41) is 3.75. The van der Waals surface area contributed by atoms with Gasteiger partial charge in [-0.1, -0.05) is 41.2 Å². The van der Waals surface area contributed by atoms with Gasteiger partial charge in [0.25, 0.3) is 5.91 Å². The summed E-state index contributed by atoms with van der Waals surface area (Å²) in [7, 11) is 0. The summed E-state index contributed by atoms with van der Waals surface area (Å²) in [5.74, 6) is -0.723. The van der Waals surface area contributed by atoms with E-state index in [9.17, 15) is 9.59 Å². The van der Waals surface area contributed by atoms with Crippen LogP contribution >= 0.6 is 11.8 Å². The van der Waals surface area contributed by atoms with Gasteiger partial charge in [-0.15, -0.1) is 0 Å². The molecule has 1 amide bonds. The van der Waals surface area contributed by atoms with E-state index in [1.807, 2.05) is 48.5 Å². The van der Waals surface area contributed by atoms with E-state index in [1.165, 1.54) is 12.4 Å². The van der Waals surface area contributed by atoms with Crippen molar-refractivity contribution in [3.63, 3.8) is 0 Å². The lowest BCUT2D eigenvalue weighted by Crippen LogP contribution is -2.34. The minimum absolute atomic E-state index is 0.108. The molecule has 142 valence electrons. The quantitative estimate of drug-likeness (QED) is 0.519. The second-order valence-electron chi connectivity index (χ2n) is 6.20. The molecule has 8 nitrogen and oxygen atoms in total. The summed E-state index contributed by atoms with van der Waals surface area (Å²) < 4.78 is 5.92. The summed E-state index contributed by atoms with van der Waals surface area (Å²) in [6, 6.07) is 17.0. The van der Waals surface area contributed by atoms with E-state index in [-0.39, 0.29) is 24.1 Å². The molecule has 29 heavy (non-hydrogen) atoms. The minimum Gasteiger partial charge on any atom is -0.295 e. The predicted octanol–water partition coefficient (Wildman–Crippen LogP) is 3.12. The average molecular weight is 403 g/mol. The van der Waals surface area contributed by atoms with E-state index < -0.39 is 5.76 Å². The van der Waals surface area contributed by atoms with Crippen LogP contribution in [0.3, 0.4) is 0 Å². The molecule has 0 N–H and O–H groups in total. The third-order valence-corrected chi connectivity index (χ3v) is 5.56. The van der Waals surface area contributed by atoms with Gasteiger partial charge in [-0.05, 0) is 30.3 Å². The molecule has 3 heterocycles. The molecule has 0 bridgehead atoms. The van der Waals surface area contributed by atoms with Gasteiger partial charge in [0.2, 0.25) is 5.82 Å². The fourth-order valence-corrected chi connectivity index (χ4v) is 4.22. The Morgan fingerprint density at radius 3 is 2.21 bits per heavy atom. The molecule has 0 saturated carbocycles. The van der Waals surface area contributed by atoms with Crippen molar-refractivity contribution in [3.8, 4) is 11.6 Å². The molecule has 1 aliphatic rings. The zero-order valence-electron chi connectivity index (χ0n) is 14.9. The van der Waals surface area contributed by atoms with E-state index in [4.69, 9.17) is 4.52 Å². The summed E-state index contributed by atoms with van der Waals surface area (Å²) >= 11 is 1.60. The standard InChI is InChI=1S/C20H13N5O3S/c26-17(12-24-19(23-28-20(24)27)18-21-10-5-11-22-18)25-13-6-1-3-8-15(13)29-16-9-4-2-7-14(16)25/h1-11H,12H2. The monoisotopic (exact) mass is 403 g/mol. The molecular weight excluding hydrogens is 390 g/mol. The Labute approximate surface area is 168 Å². The molecule has 0 radical (unpaired) electrons. The van der Waals surface area contributed by atoms with Crippen LogP contribution in [0.4, 0.5) is 11.4 Å². The van der Waals surface area contributed by atoms with Crippen molar-refractivity contribution in [2.75, 3.05) is 4.90 Å². The molecule has 2 aromatic heterocycles. The van der Waals surface area contributed by atoms with Crippen LogP contribution in [0.1, 0.15) is 0 Å². The van der Waals surface area contributed by atoms with E-state index in [1.54, 1.807) is 22.7 Å². The maximum Gasteiger partial charge on any atom is 0.442 e. The molecule has 0 unspecified atom stereocenters. The van der Waals surface area contributed by atoms with Crippen molar-refractivity contribution in [1.29, 1.82) is 0 Å². The Hall–Kier alpha value is -3.72. The third-order valence-electron chi connectivity index (χ3n) is 4.43. The highest BCUT2D eigenvalue weighted by Gasteiger charge is 2.29. The first-order valence-electron chi connectivity index (χ1n) is 8.75. The van der Waals surface area contributed by atoms with Crippen molar-refractivity contribution < 1.29 is 9.32 Å². The second kappa shape index (κ2) is 7.02. The average Bonchev–Trinajstić information content (AvgIpc) is 3.12. The van der Waals surface area contributed by atoms with Crippen molar-refractivity contribution in [2.24, 2.45) is 0 Å². The van der Waals surface area contributed by atoms with Gasteiger partial charge >= 0.3 is 5.76 Å². The number of hydrogen-bond acceptors (Lipinski definition) is 7. The molecule has 1 aliphatic heterocycles. The number of rotatable bonds is 3. The Balaban J connectivity index is 1.57. The topological polar surface area (TPSA) is 94.1 Å². The summed E-state index contributed by atoms with van der Waals surface area (Å²) in [6.45, 7) is -0.261. The number of hydrogen-bond donors (Lipinski definition) is 0. The molecule has 4 aromatic rings. The maximum absolute atomic E-state index is 13.4. The highest BCUT2D eigenvalue weighted by Crippen LogP contribution is 2.47. The number of anilines is 2. The number of carbonyl (C=O) groups excluding carboxylic acids is 1. The van der Waals surface area contributed by atoms with Crippen molar-refractivity contribution in [2.45, 2.75) is 16.3 Å². The number of amides is 1. The van der Waals surface area contributed by atoms with E-state index in [2.05, 4.69) is 15.1 Å². The number of aromatic nitrogens is 4. The Morgan fingerprint density at radius 2 is 1.55 bits per heavy atom. The summed E-state index contributed by atoms with van der Waals surface area (Å²) in [6.07, 6.45) is 3.06. The van der Waals surface area contributed by atoms with Crippen LogP contribution in [-0.4, -0.2) is 25.6 Å². The molecule has 0 fully saturated rings. The zero-order chi connectivity index (χ0) is 19.8. The van der Waals surface area contributed by atoms with Gasteiger partial charge in [-0.25, -0.2) is 19.3 Å². The van der Waals surface area contributed by atoms with Crippen LogP contribution in [-0.2, 0) is 11.3 Å².